The van der Waals surface area contributed by atoms with Gasteiger partial charge in [0.15, 0.2) is 4.90 Å². The Morgan fingerprint density at radius 1 is 1.18 bits per heavy atom. The van der Waals surface area contributed by atoms with Crippen LogP contribution in [-0.2, 0) is 16.4 Å². The highest BCUT2D eigenvalue weighted by molar-refractivity contribution is 7.89. The topological polar surface area (TPSA) is 128 Å². The zero-order valence-corrected chi connectivity index (χ0v) is 16.6. The summed E-state index contributed by atoms with van der Waals surface area (Å²) >= 11 is 1.56. The Balaban J connectivity index is 1.77. The highest BCUT2D eigenvalue weighted by Crippen LogP contribution is 2.32. The fraction of sp³-hybridized carbons (Fsp3) is 0.167. The summed E-state index contributed by atoms with van der Waals surface area (Å²) in [4.78, 5) is 15.8. The first-order chi connectivity index (χ1) is 13.3. The first-order valence-electron chi connectivity index (χ1n) is 8.33. The second-order valence-corrected chi connectivity index (χ2v) is 8.83. The minimum absolute atomic E-state index is 0.105. The van der Waals surface area contributed by atoms with Crippen molar-refractivity contribution >= 4 is 32.7 Å². The van der Waals surface area contributed by atoms with Crippen LogP contribution in [0.4, 0.5) is 11.4 Å². The van der Waals surface area contributed by atoms with Crippen molar-refractivity contribution in [1.29, 1.82) is 0 Å². The number of nitrogens with one attached hydrogen (secondary N) is 1. The van der Waals surface area contributed by atoms with Crippen LogP contribution in [0.3, 0.4) is 0 Å². The standard InChI is InChI=1S/C18H18N4O4S2/c1-12-17(13-6-3-2-4-7-13)21-16(27-12)10-11-20-14-8-5-9-15(28(19,25)26)18(14)22(23)24/h2-9,20H,10-11H2,1H3,(H2,19,25,26). The van der Waals surface area contributed by atoms with Crippen LogP contribution in [0.5, 0.6) is 0 Å². The van der Waals surface area contributed by atoms with Crippen LogP contribution in [0.1, 0.15) is 9.88 Å². The Bertz CT molecular complexity index is 1110. The summed E-state index contributed by atoms with van der Waals surface area (Å²) in [6.45, 7) is 2.35. The molecule has 1 heterocycles. The third-order valence-electron chi connectivity index (χ3n) is 4.03. The maximum Gasteiger partial charge on any atom is 0.312 e. The van der Waals surface area contributed by atoms with Crippen LogP contribution in [0.25, 0.3) is 11.3 Å². The Hall–Kier alpha value is -2.82. The third-order valence-corrected chi connectivity index (χ3v) is 6.00. The van der Waals surface area contributed by atoms with E-state index in [2.05, 4.69) is 10.3 Å². The Morgan fingerprint density at radius 3 is 2.54 bits per heavy atom. The number of nitro groups is 1. The van der Waals surface area contributed by atoms with Gasteiger partial charge < -0.3 is 5.32 Å². The smallest absolute Gasteiger partial charge is 0.312 e. The van der Waals surface area contributed by atoms with Gasteiger partial charge in [-0.2, -0.15) is 0 Å². The van der Waals surface area contributed by atoms with E-state index in [1.807, 2.05) is 37.3 Å². The summed E-state index contributed by atoms with van der Waals surface area (Å²) in [6.07, 6.45) is 0.537. The summed E-state index contributed by atoms with van der Waals surface area (Å²) in [5.41, 5.74) is 1.51. The molecular weight excluding hydrogens is 400 g/mol. The van der Waals surface area contributed by atoms with Crippen molar-refractivity contribution < 1.29 is 13.3 Å². The number of primary sulfonamides is 1. The summed E-state index contributed by atoms with van der Waals surface area (Å²) in [5, 5.41) is 20.3. The molecule has 10 heteroatoms. The number of nitrogens with zero attached hydrogens (tertiary/aromatic N) is 2. The van der Waals surface area contributed by atoms with Gasteiger partial charge >= 0.3 is 5.69 Å². The SMILES string of the molecule is Cc1sc(CCNc2cccc(S(N)(=O)=O)c2[N+](=O)[O-])nc1-c1ccccc1. The van der Waals surface area contributed by atoms with Crippen LogP contribution in [0, 0.1) is 17.0 Å². The fourth-order valence-electron chi connectivity index (χ4n) is 2.81. The number of nitro benzene ring substituents is 1. The largest absolute Gasteiger partial charge is 0.379 e. The van der Waals surface area contributed by atoms with Crippen molar-refractivity contribution in [1.82, 2.24) is 4.98 Å². The maximum absolute atomic E-state index is 11.6. The lowest BCUT2D eigenvalue weighted by Crippen LogP contribution is -2.16. The lowest BCUT2D eigenvalue weighted by Gasteiger charge is -2.08. The molecule has 0 bridgehead atoms. The van der Waals surface area contributed by atoms with Crippen LogP contribution in [0.15, 0.2) is 53.4 Å². The molecule has 28 heavy (non-hydrogen) atoms. The minimum atomic E-state index is -4.20. The normalized spacial score (nSPS) is 11.4. The molecule has 0 aliphatic carbocycles. The predicted molar refractivity (Wildman–Crippen MR) is 109 cm³/mol. The summed E-state index contributed by atoms with van der Waals surface area (Å²) in [5.74, 6) is 0. The molecule has 1 aromatic heterocycles. The Morgan fingerprint density at radius 2 is 1.89 bits per heavy atom. The van der Waals surface area contributed by atoms with Crippen LogP contribution in [0.2, 0.25) is 0 Å². The molecular formula is C18H18N4O4S2. The average molecular weight is 419 g/mol. The van der Waals surface area contributed by atoms with E-state index in [0.29, 0.717) is 13.0 Å². The highest BCUT2D eigenvalue weighted by atomic mass is 32.2. The molecule has 3 N–H and O–H groups in total. The van der Waals surface area contributed by atoms with Gasteiger partial charge in [-0.15, -0.1) is 11.3 Å². The molecule has 146 valence electrons. The molecule has 0 atom stereocenters. The van der Waals surface area contributed by atoms with Crippen molar-refractivity contribution in [2.75, 3.05) is 11.9 Å². The molecule has 3 aromatic rings. The van der Waals surface area contributed by atoms with Crippen molar-refractivity contribution in [2.24, 2.45) is 5.14 Å². The molecule has 0 aliphatic rings. The number of hydrogen-bond acceptors (Lipinski definition) is 7. The molecule has 8 nitrogen and oxygen atoms in total. The molecule has 0 amide bonds. The van der Waals surface area contributed by atoms with Crippen molar-refractivity contribution in [3.63, 3.8) is 0 Å². The number of sulfonamides is 1. The number of hydrogen-bond donors (Lipinski definition) is 2. The molecule has 0 unspecified atom stereocenters. The number of rotatable bonds is 7. The van der Waals surface area contributed by atoms with E-state index in [0.717, 1.165) is 27.2 Å². The predicted octanol–water partition coefficient (Wildman–Crippen LogP) is 3.33. The van der Waals surface area contributed by atoms with Gasteiger partial charge in [0.25, 0.3) is 0 Å². The van der Waals surface area contributed by atoms with E-state index < -0.39 is 25.5 Å². The van der Waals surface area contributed by atoms with Crippen LogP contribution >= 0.6 is 11.3 Å². The second-order valence-electron chi connectivity index (χ2n) is 6.01. The number of thiazole rings is 1. The van der Waals surface area contributed by atoms with Gasteiger partial charge in [0, 0.05) is 23.4 Å². The van der Waals surface area contributed by atoms with Crippen LogP contribution < -0.4 is 10.5 Å². The number of aryl methyl sites for hydroxylation is 1. The zero-order chi connectivity index (χ0) is 20.3. The summed E-state index contributed by atoms with van der Waals surface area (Å²) in [6, 6.07) is 13.8. The van der Waals surface area contributed by atoms with Crippen molar-refractivity contribution in [3.8, 4) is 11.3 Å². The van der Waals surface area contributed by atoms with E-state index in [-0.39, 0.29) is 5.69 Å². The summed E-state index contributed by atoms with van der Waals surface area (Å²) < 4.78 is 23.2. The number of para-hydroxylation sites is 1. The lowest BCUT2D eigenvalue weighted by molar-refractivity contribution is -0.386. The Labute approximate surface area is 166 Å². The van der Waals surface area contributed by atoms with Crippen LogP contribution in [-0.4, -0.2) is 24.9 Å². The molecule has 0 fully saturated rings. The molecule has 0 spiro atoms. The molecule has 2 aromatic carbocycles. The monoisotopic (exact) mass is 418 g/mol. The minimum Gasteiger partial charge on any atom is -0.379 e. The number of nitrogens with two attached hydrogens (primary N) is 1. The zero-order valence-electron chi connectivity index (χ0n) is 15.0. The number of benzene rings is 2. The average Bonchev–Trinajstić information content (AvgIpc) is 3.02. The number of anilines is 1. The highest BCUT2D eigenvalue weighted by Gasteiger charge is 2.26. The van der Waals surface area contributed by atoms with Gasteiger partial charge in [-0.3, -0.25) is 10.1 Å². The molecule has 0 saturated carbocycles. The summed E-state index contributed by atoms with van der Waals surface area (Å²) in [7, 11) is -4.20. The number of aromatic nitrogens is 1. The maximum atomic E-state index is 11.6. The van der Waals surface area contributed by atoms with E-state index >= 15 is 0 Å². The van der Waals surface area contributed by atoms with Crippen molar-refractivity contribution in [3.05, 3.63) is 68.5 Å². The van der Waals surface area contributed by atoms with Gasteiger partial charge in [0.05, 0.1) is 15.6 Å². The van der Waals surface area contributed by atoms with Gasteiger partial charge in [0.1, 0.15) is 5.69 Å². The first kappa shape index (κ1) is 19.9. The lowest BCUT2D eigenvalue weighted by atomic mass is 10.1. The van der Waals surface area contributed by atoms with E-state index in [1.54, 1.807) is 11.3 Å². The van der Waals surface area contributed by atoms with Gasteiger partial charge in [0.2, 0.25) is 10.0 Å². The van der Waals surface area contributed by atoms with E-state index in [4.69, 9.17) is 5.14 Å². The first-order valence-corrected chi connectivity index (χ1v) is 10.7. The van der Waals surface area contributed by atoms with Gasteiger partial charge in [-0.1, -0.05) is 36.4 Å². The van der Waals surface area contributed by atoms with Gasteiger partial charge in [-0.05, 0) is 19.1 Å². The quantitative estimate of drug-likeness (QED) is 0.447. The molecule has 0 aliphatic heterocycles. The molecule has 0 saturated heterocycles. The van der Waals surface area contributed by atoms with Gasteiger partial charge in [-0.25, -0.2) is 18.5 Å². The van der Waals surface area contributed by atoms with E-state index in [9.17, 15) is 18.5 Å². The molecule has 3 rings (SSSR count). The Kier molecular flexibility index (Phi) is 5.73. The second kappa shape index (κ2) is 8.05. The van der Waals surface area contributed by atoms with E-state index in [1.165, 1.54) is 12.1 Å². The molecule has 0 radical (unpaired) electrons. The third kappa shape index (κ3) is 4.35. The fourth-order valence-corrected chi connectivity index (χ4v) is 4.49. The van der Waals surface area contributed by atoms with Crippen molar-refractivity contribution in [2.45, 2.75) is 18.2 Å².